The number of hydrogen-bond donors (Lipinski definition) is 3. The average molecular weight is 192 g/mol. The van der Waals surface area contributed by atoms with Crippen LogP contribution in [0.1, 0.15) is 0 Å². The van der Waals surface area contributed by atoms with Crippen LogP contribution in [0.5, 0.6) is 0 Å². The maximum absolute atomic E-state index is 10.2. The summed E-state index contributed by atoms with van der Waals surface area (Å²) in [4.78, 5) is 35.9. The maximum Gasteiger partial charge on any atom is 0.330 e. The second kappa shape index (κ2) is 5.14. The molecule has 1 heterocycles. The lowest BCUT2D eigenvalue weighted by Gasteiger charge is -1.77. The third-order valence-corrected chi connectivity index (χ3v) is 0.681. The summed E-state index contributed by atoms with van der Waals surface area (Å²) in [7, 11) is 0. The molecule has 0 bridgehead atoms. The van der Waals surface area contributed by atoms with E-state index in [1.54, 1.807) is 15.0 Å². The largest absolute Gasteiger partial charge is 0.330 e. The van der Waals surface area contributed by atoms with Gasteiger partial charge in [-0.15, -0.1) is 0 Å². The van der Waals surface area contributed by atoms with Gasteiger partial charge in [0, 0.05) is 0 Å². The van der Waals surface area contributed by atoms with Crippen LogP contribution in [0.25, 0.3) is 0 Å². The molecule has 0 amide bonds. The first kappa shape index (κ1) is 10.4. The highest BCUT2D eigenvalue weighted by atomic mass is 35.5. The molecule has 66 valence electrons. The van der Waals surface area contributed by atoms with E-state index in [1.807, 2.05) is 0 Å². The van der Waals surface area contributed by atoms with Gasteiger partial charge < -0.3 is 0 Å². The van der Waals surface area contributed by atoms with Crippen molar-refractivity contribution in [1.29, 1.82) is 0 Å². The van der Waals surface area contributed by atoms with Crippen molar-refractivity contribution in [2.45, 2.75) is 0 Å². The van der Waals surface area contributed by atoms with Crippen LogP contribution in [0.4, 0.5) is 0 Å². The Morgan fingerprint density at radius 2 is 1.17 bits per heavy atom. The zero-order valence-corrected chi connectivity index (χ0v) is 6.64. The molecule has 0 saturated heterocycles. The highest BCUT2D eigenvalue weighted by Crippen LogP contribution is 1.60. The zero-order valence-electron chi connectivity index (χ0n) is 5.89. The van der Waals surface area contributed by atoms with Gasteiger partial charge in [-0.1, -0.05) is 18.2 Å². The summed E-state index contributed by atoms with van der Waals surface area (Å²) in [6.07, 6.45) is 0. The second-order valence-electron chi connectivity index (χ2n) is 1.52. The topological polar surface area (TPSA) is 98.6 Å². The predicted molar refractivity (Wildman–Crippen MR) is 44.4 cm³/mol. The molecule has 0 aromatic carbocycles. The number of nitrogens with one attached hydrogen (secondary N) is 3. The van der Waals surface area contributed by atoms with Gasteiger partial charge in [-0.05, 0) is 5.54 Å². The average Bonchev–Trinajstić information content (AvgIpc) is 1.84. The molecule has 0 aliphatic carbocycles. The van der Waals surface area contributed by atoms with Crippen LogP contribution in [-0.2, 0) is 0 Å². The molecule has 0 aliphatic rings. The predicted octanol–water partition coefficient (Wildman–Crippen LogP) is -0.880. The molecule has 1 rings (SSSR count). The number of rotatable bonds is 0. The Bertz CT molecular complexity index is 323. The minimum atomic E-state index is -0.802. The monoisotopic (exact) mass is 191 g/mol. The molecule has 12 heavy (non-hydrogen) atoms. The van der Waals surface area contributed by atoms with Crippen molar-refractivity contribution >= 4 is 11.6 Å². The van der Waals surface area contributed by atoms with Crippen molar-refractivity contribution in [3.8, 4) is 0 Å². The van der Waals surface area contributed by atoms with Crippen molar-refractivity contribution in [3.05, 3.63) is 43.6 Å². The third-order valence-electron chi connectivity index (χ3n) is 0.681. The first-order valence-corrected chi connectivity index (χ1v) is 3.18. The summed E-state index contributed by atoms with van der Waals surface area (Å²) in [5, 5.41) is 0. The molecular weight excluding hydrogens is 186 g/mol. The van der Waals surface area contributed by atoms with Gasteiger partial charge in [0.15, 0.2) is 0 Å². The van der Waals surface area contributed by atoms with E-state index >= 15 is 0 Å². The van der Waals surface area contributed by atoms with E-state index in [2.05, 4.69) is 6.58 Å². The van der Waals surface area contributed by atoms with Crippen LogP contribution in [-0.4, -0.2) is 15.0 Å². The van der Waals surface area contributed by atoms with E-state index in [9.17, 15) is 14.4 Å². The molecule has 0 spiro atoms. The van der Waals surface area contributed by atoms with Crippen molar-refractivity contribution in [2.75, 3.05) is 0 Å². The highest BCUT2D eigenvalue weighted by molar-refractivity contribution is 6.25. The number of aromatic amines is 3. The molecule has 0 atom stereocenters. The van der Waals surface area contributed by atoms with E-state index in [0.29, 0.717) is 0 Å². The lowest BCUT2D eigenvalue weighted by Crippen LogP contribution is -2.34. The number of H-pyrrole nitrogens is 3. The van der Waals surface area contributed by atoms with Crippen LogP contribution in [0.15, 0.2) is 26.5 Å². The summed E-state index contributed by atoms with van der Waals surface area (Å²) in [5.41, 5.74) is -1.18. The van der Waals surface area contributed by atoms with Gasteiger partial charge in [0.1, 0.15) is 0 Å². The lowest BCUT2D eigenvalue weighted by atomic mass is 11.0. The highest BCUT2D eigenvalue weighted by Gasteiger charge is 1.84. The van der Waals surface area contributed by atoms with E-state index in [-0.39, 0.29) is 0 Å². The Morgan fingerprint density at radius 3 is 1.33 bits per heavy atom. The standard InChI is InChI=1S/C3H3N3O3.C2H3Cl/c7-1-4-2(8)6-3(9)5-1;1-2-3/h(H3,4,5,6,7,8,9);2H,1H2. The molecular formula is C5H6ClN3O3. The van der Waals surface area contributed by atoms with Gasteiger partial charge >= 0.3 is 17.1 Å². The smallest absolute Gasteiger partial charge is 0.259 e. The van der Waals surface area contributed by atoms with E-state index in [1.165, 1.54) is 5.54 Å². The summed E-state index contributed by atoms with van der Waals surface area (Å²) in [6.45, 7) is 3.13. The quantitative estimate of drug-likeness (QED) is 0.497. The zero-order chi connectivity index (χ0) is 9.56. The van der Waals surface area contributed by atoms with Gasteiger partial charge in [-0.3, -0.25) is 15.0 Å². The minimum absolute atomic E-state index is 0.802. The molecule has 0 aliphatic heterocycles. The first-order chi connectivity index (χ1) is 5.60. The molecule has 1 aromatic rings. The van der Waals surface area contributed by atoms with E-state index in [4.69, 9.17) is 11.6 Å². The fraction of sp³-hybridized carbons (Fsp3) is 0. The molecule has 7 heteroatoms. The van der Waals surface area contributed by atoms with Gasteiger partial charge in [-0.25, -0.2) is 14.4 Å². The molecule has 6 nitrogen and oxygen atoms in total. The molecule has 1 aromatic heterocycles. The van der Waals surface area contributed by atoms with Crippen molar-refractivity contribution in [1.82, 2.24) is 15.0 Å². The van der Waals surface area contributed by atoms with Crippen LogP contribution in [0, 0.1) is 0 Å². The van der Waals surface area contributed by atoms with Gasteiger partial charge in [0.25, 0.3) is 0 Å². The molecule has 0 saturated carbocycles. The summed E-state index contributed by atoms with van der Waals surface area (Å²) in [6, 6.07) is 0. The molecule has 0 unspecified atom stereocenters. The lowest BCUT2D eigenvalue weighted by molar-refractivity contribution is 0.888. The summed E-state index contributed by atoms with van der Waals surface area (Å²) < 4.78 is 0. The Hall–Kier alpha value is -1.56. The maximum atomic E-state index is 10.2. The fourth-order valence-corrected chi connectivity index (χ4v) is 0.403. The number of halogens is 1. The van der Waals surface area contributed by atoms with Gasteiger partial charge in [0.05, 0.1) is 0 Å². The van der Waals surface area contributed by atoms with Crippen LogP contribution >= 0.6 is 11.6 Å². The Labute approximate surface area is 70.9 Å². The number of hydrogen-bond acceptors (Lipinski definition) is 3. The minimum Gasteiger partial charge on any atom is -0.259 e. The van der Waals surface area contributed by atoms with Crippen LogP contribution in [0.2, 0.25) is 0 Å². The summed E-state index contributed by atoms with van der Waals surface area (Å²) >= 11 is 4.76. The molecule has 0 fully saturated rings. The van der Waals surface area contributed by atoms with E-state index < -0.39 is 17.1 Å². The van der Waals surface area contributed by atoms with Crippen molar-refractivity contribution in [2.24, 2.45) is 0 Å². The SMILES string of the molecule is C=CCl.O=c1[nH]c(=O)[nH]c(=O)[nH]1. The number of aromatic nitrogens is 3. The van der Waals surface area contributed by atoms with Crippen LogP contribution < -0.4 is 17.1 Å². The van der Waals surface area contributed by atoms with Gasteiger partial charge in [-0.2, -0.15) is 0 Å². The van der Waals surface area contributed by atoms with Crippen LogP contribution in [0.3, 0.4) is 0 Å². The fourth-order valence-electron chi connectivity index (χ4n) is 0.403. The van der Waals surface area contributed by atoms with Crippen molar-refractivity contribution < 1.29 is 0 Å². The molecule has 3 N–H and O–H groups in total. The normalized spacial score (nSPS) is 8.08. The Balaban J connectivity index is 0.000000354. The summed E-state index contributed by atoms with van der Waals surface area (Å²) in [5.74, 6) is 0. The third kappa shape index (κ3) is 4.29. The Kier molecular flexibility index (Phi) is 4.47. The van der Waals surface area contributed by atoms with E-state index in [0.717, 1.165) is 0 Å². The first-order valence-electron chi connectivity index (χ1n) is 2.74. The second-order valence-corrected chi connectivity index (χ2v) is 1.83. The Morgan fingerprint density at radius 1 is 1.00 bits per heavy atom. The van der Waals surface area contributed by atoms with Gasteiger partial charge in [0.2, 0.25) is 0 Å². The molecule has 0 radical (unpaired) electrons. The van der Waals surface area contributed by atoms with Crippen molar-refractivity contribution in [3.63, 3.8) is 0 Å².